The third-order valence-corrected chi connectivity index (χ3v) is 2.97. The van der Waals surface area contributed by atoms with Crippen molar-refractivity contribution in [1.29, 1.82) is 0 Å². The Hall–Kier alpha value is -0.520. The highest BCUT2D eigenvalue weighted by atomic mass is 16.5. The first-order chi connectivity index (χ1) is 7.43. The van der Waals surface area contributed by atoms with Crippen molar-refractivity contribution in [3.05, 3.63) is 0 Å². The molecule has 0 aromatic rings. The minimum atomic E-state index is 0.437. The van der Waals surface area contributed by atoms with Gasteiger partial charge in [-0.1, -0.05) is 38.0 Å². The highest BCUT2D eigenvalue weighted by Crippen LogP contribution is 2.16. The van der Waals surface area contributed by atoms with Crippen LogP contribution in [0.15, 0.2) is 0 Å². The fraction of sp³-hybridized carbons (Fsp3) is 0.846. The molecule has 2 heteroatoms. The summed E-state index contributed by atoms with van der Waals surface area (Å²) in [6.07, 6.45) is 14.8. The average Bonchev–Trinajstić information content (AvgIpc) is 2.20. The van der Waals surface area contributed by atoms with E-state index in [2.05, 4.69) is 11.2 Å². The Morgan fingerprint density at radius 2 is 1.80 bits per heavy atom. The van der Waals surface area contributed by atoms with E-state index >= 15 is 0 Å². The molecule has 15 heavy (non-hydrogen) atoms. The van der Waals surface area contributed by atoms with Gasteiger partial charge in [0.05, 0.1) is 6.61 Å². The molecule has 0 saturated heterocycles. The standard InChI is InChI=1S/C13H23NO/c1-2-11-15-12-10-14-13-8-6-4-3-5-7-9-13/h1,13-14H,3-12H2. The minimum Gasteiger partial charge on any atom is -0.367 e. The topological polar surface area (TPSA) is 21.3 Å². The highest BCUT2D eigenvalue weighted by Gasteiger charge is 2.09. The van der Waals surface area contributed by atoms with Gasteiger partial charge in [0.2, 0.25) is 0 Å². The van der Waals surface area contributed by atoms with E-state index in [0.717, 1.165) is 13.2 Å². The molecule has 0 unspecified atom stereocenters. The second-order valence-electron chi connectivity index (χ2n) is 4.25. The zero-order chi connectivity index (χ0) is 10.8. The molecular weight excluding hydrogens is 186 g/mol. The number of terminal acetylenes is 1. The number of hydrogen-bond acceptors (Lipinski definition) is 2. The van der Waals surface area contributed by atoms with Crippen LogP contribution in [0.1, 0.15) is 44.9 Å². The van der Waals surface area contributed by atoms with Gasteiger partial charge in [-0.05, 0) is 12.8 Å². The lowest BCUT2D eigenvalue weighted by atomic mass is 9.97. The molecule has 0 heterocycles. The Balaban J connectivity index is 2.00. The van der Waals surface area contributed by atoms with Gasteiger partial charge in [0.25, 0.3) is 0 Å². The molecule has 0 aliphatic heterocycles. The summed E-state index contributed by atoms with van der Waals surface area (Å²) in [6.45, 7) is 2.11. The minimum absolute atomic E-state index is 0.437. The Morgan fingerprint density at radius 3 is 2.47 bits per heavy atom. The maximum Gasteiger partial charge on any atom is 0.107 e. The number of rotatable bonds is 5. The van der Waals surface area contributed by atoms with Crippen LogP contribution in [-0.4, -0.2) is 25.8 Å². The summed E-state index contributed by atoms with van der Waals surface area (Å²) in [7, 11) is 0. The Morgan fingerprint density at radius 1 is 1.13 bits per heavy atom. The van der Waals surface area contributed by atoms with Crippen LogP contribution >= 0.6 is 0 Å². The lowest BCUT2D eigenvalue weighted by Gasteiger charge is -2.20. The molecule has 1 aliphatic rings. The fourth-order valence-corrected chi connectivity index (χ4v) is 2.13. The van der Waals surface area contributed by atoms with Crippen molar-refractivity contribution in [2.24, 2.45) is 0 Å². The largest absolute Gasteiger partial charge is 0.367 e. The maximum atomic E-state index is 5.23. The van der Waals surface area contributed by atoms with Crippen LogP contribution in [0, 0.1) is 12.3 Å². The zero-order valence-electron chi connectivity index (χ0n) is 9.63. The zero-order valence-corrected chi connectivity index (χ0v) is 9.63. The Kier molecular flexibility index (Phi) is 7.33. The van der Waals surface area contributed by atoms with Crippen LogP contribution in [0.2, 0.25) is 0 Å². The van der Waals surface area contributed by atoms with Crippen LogP contribution in [0.25, 0.3) is 0 Å². The Labute approximate surface area is 93.8 Å². The molecule has 86 valence electrons. The predicted molar refractivity (Wildman–Crippen MR) is 63.8 cm³/mol. The van der Waals surface area contributed by atoms with Crippen molar-refractivity contribution in [3.8, 4) is 12.3 Å². The maximum absolute atomic E-state index is 5.23. The smallest absolute Gasteiger partial charge is 0.107 e. The Bertz CT molecular complexity index is 177. The van der Waals surface area contributed by atoms with Crippen molar-refractivity contribution in [3.63, 3.8) is 0 Å². The highest BCUT2D eigenvalue weighted by molar-refractivity contribution is 4.82. The molecule has 1 rings (SSSR count). The van der Waals surface area contributed by atoms with E-state index in [1.54, 1.807) is 0 Å². The molecule has 0 radical (unpaired) electrons. The van der Waals surface area contributed by atoms with Gasteiger partial charge >= 0.3 is 0 Å². The summed E-state index contributed by atoms with van der Waals surface area (Å²) in [5, 5.41) is 3.55. The van der Waals surface area contributed by atoms with E-state index in [1.807, 2.05) is 0 Å². The SMILES string of the molecule is C#CCOCCNC1CCCCCCC1. The summed E-state index contributed by atoms with van der Waals surface area (Å²) in [4.78, 5) is 0. The van der Waals surface area contributed by atoms with Crippen LogP contribution in [0.5, 0.6) is 0 Å². The first kappa shape index (κ1) is 12.5. The molecule has 1 aliphatic carbocycles. The van der Waals surface area contributed by atoms with Gasteiger partial charge in [-0.25, -0.2) is 0 Å². The lowest BCUT2D eigenvalue weighted by molar-refractivity contribution is 0.164. The second-order valence-corrected chi connectivity index (χ2v) is 4.25. The van der Waals surface area contributed by atoms with Gasteiger partial charge in [0.15, 0.2) is 0 Å². The van der Waals surface area contributed by atoms with Gasteiger partial charge in [0, 0.05) is 12.6 Å². The van der Waals surface area contributed by atoms with E-state index in [1.165, 1.54) is 44.9 Å². The van der Waals surface area contributed by atoms with Crippen LogP contribution < -0.4 is 5.32 Å². The van der Waals surface area contributed by atoms with E-state index < -0.39 is 0 Å². The summed E-state index contributed by atoms with van der Waals surface area (Å²) < 4.78 is 5.23. The van der Waals surface area contributed by atoms with Crippen LogP contribution in [-0.2, 0) is 4.74 Å². The predicted octanol–water partition coefficient (Wildman–Crippen LogP) is 2.34. The normalized spacial score (nSPS) is 19.1. The lowest BCUT2D eigenvalue weighted by Crippen LogP contribution is -2.32. The summed E-state index contributed by atoms with van der Waals surface area (Å²) >= 11 is 0. The second kappa shape index (κ2) is 8.76. The quantitative estimate of drug-likeness (QED) is 0.554. The summed E-state index contributed by atoms with van der Waals surface area (Å²) in [6, 6.07) is 0.708. The summed E-state index contributed by atoms with van der Waals surface area (Å²) in [5.74, 6) is 2.47. The fourth-order valence-electron chi connectivity index (χ4n) is 2.13. The van der Waals surface area contributed by atoms with Crippen molar-refractivity contribution in [1.82, 2.24) is 5.32 Å². The van der Waals surface area contributed by atoms with Crippen molar-refractivity contribution in [2.75, 3.05) is 19.8 Å². The molecule has 0 spiro atoms. The number of hydrogen-bond donors (Lipinski definition) is 1. The molecular formula is C13H23NO. The van der Waals surface area contributed by atoms with E-state index in [-0.39, 0.29) is 0 Å². The third kappa shape index (κ3) is 6.54. The van der Waals surface area contributed by atoms with Gasteiger partial charge < -0.3 is 10.1 Å². The van der Waals surface area contributed by atoms with Gasteiger partial charge in [-0.3, -0.25) is 0 Å². The molecule has 0 aromatic carbocycles. The van der Waals surface area contributed by atoms with E-state index in [9.17, 15) is 0 Å². The van der Waals surface area contributed by atoms with Gasteiger partial charge in [0.1, 0.15) is 6.61 Å². The first-order valence-electron chi connectivity index (χ1n) is 6.18. The van der Waals surface area contributed by atoms with Gasteiger partial charge in [-0.15, -0.1) is 6.42 Å². The molecule has 1 fully saturated rings. The third-order valence-electron chi connectivity index (χ3n) is 2.97. The molecule has 0 aromatic heterocycles. The van der Waals surface area contributed by atoms with Crippen LogP contribution in [0.3, 0.4) is 0 Å². The molecule has 1 N–H and O–H groups in total. The van der Waals surface area contributed by atoms with Crippen LogP contribution in [0.4, 0.5) is 0 Å². The van der Waals surface area contributed by atoms with Crippen molar-refractivity contribution >= 4 is 0 Å². The van der Waals surface area contributed by atoms with Crippen molar-refractivity contribution < 1.29 is 4.74 Å². The monoisotopic (exact) mass is 209 g/mol. The molecule has 2 nitrogen and oxygen atoms in total. The molecule has 0 amide bonds. The number of ether oxygens (including phenoxy) is 1. The average molecular weight is 209 g/mol. The number of nitrogens with one attached hydrogen (secondary N) is 1. The first-order valence-corrected chi connectivity index (χ1v) is 6.18. The molecule has 1 saturated carbocycles. The van der Waals surface area contributed by atoms with Gasteiger partial charge in [-0.2, -0.15) is 0 Å². The summed E-state index contributed by atoms with van der Waals surface area (Å²) in [5.41, 5.74) is 0. The molecule has 0 atom stereocenters. The van der Waals surface area contributed by atoms with E-state index in [0.29, 0.717) is 12.6 Å². The van der Waals surface area contributed by atoms with Crippen molar-refractivity contribution in [2.45, 2.75) is 51.0 Å². The molecule has 0 bridgehead atoms. The van der Waals surface area contributed by atoms with E-state index in [4.69, 9.17) is 11.2 Å².